The van der Waals surface area contributed by atoms with E-state index in [1.165, 1.54) is 0 Å². The molecule has 4 rings (SSSR count). The predicted octanol–water partition coefficient (Wildman–Crippen LogP) is 5.12. The van der Waals surface area contributed by atoms with Crippen molar-refractivity contribution in [3.63, 3.8) is 0 Å². The van der Waals surface area contributed by atoms with E-state index < -0.39 is 5.60 Å². The van der Waals surface area contributed by atoms with Gasteiger partial charge in [0.2, 0.25) is 5.88 Å². The highest BCUT2D eigenvalue weighted by atomic mass is 35.5. The third-order valence-corrected chi connectivity index (χ3v) is 5.31. The van der Waals surface area contributed by atoms with E-state index in [9.17, 15) is 4.79 Å². The van der Waals surface area contributed by atoms with Crippen molar-refractivity contribution in [2.45, 2.75) is 33.0 Å². The first-order chi connectivity index (χ1) is 14.8. The molecule has 0 spiro atoms. The summed E-state index contributed by atoms with van der Waals surface area (Å²) in [5.74, 6) is 1.35. The van der Waals surface area contributed by atoms with E-state index in [1.807, 2.05) is 57.2 Å². The van der Waals surface area contributed by atoms with Crippen LogP contribution in [0.25, 0.3) is 11.0 Å². The molecular formula is C23H26ClN3O4. The summed E-state index contributed by atoms with van der Waals surface area (Å²) in [4.78, 5) is 20.8. The molecule has 0 saturated carbocycles. The van der Waals surface area contributed by atoms with Gasteiger partial charge in [0.25, 0.3) is 0 Å². The largest absolute Gasteiger partial charge is 0.473 e. The van der Waals surface area contributed by atoms with Gasteiger partial charge in [-0.25, -0.2) is 4.79 Å². The molecule has 1 saturated heterocycles. The number of amides is 1. The van der Waals surface area contributed by atoms with Crippen LogP contribution in [0.4, 0.5) is 10.6 Å². The number of benzene rings is 1. The van der Waals surface area contributed by atoms with Gasteiger partial charge in [-0.3, -0.25) is 0 Å². The molecule has 1 aromatic carbocycles. The third kappa shape index (κ3) is 5.05. The molecular weight excluding hydrogens is 418 g/mol. The molecule has 164 valence electrons. The number of nitrogens with zero attached hydrogens (tertiary/aromatic N) is 3. The summed E-state index contributed by atoms with van der Waals surface area (Å²) in [6.07, 6.45) is 1.35. The first kappa shape index (κ1) is 21.3. The van der Waals surface area contributed by atoms with Crippen molar-refractivity contribution < 1.29 is 18.7 Å². The van der Waals surface area contributed by atoms with E-state index in [0.717, 1.165) is 22.4 Å². The number of furan rings is 1. The standard InChI is InChI=1S/C23H26ClN3O4/c1-23(2,3)31-22(28)27-12-10-26(11-13-27)19-5-4-6-20(25-19)30-15-16-7-8-18(24)17-9-14-29-21(16)17/h4-9,14H,10-13,15H2,1-3H3. The number of carbonyl (C=O) groups excluding carboxylic acids is 1. The fourth-order valence-corrected chi connectivity index (χ4v) is 3.67. The molecule has 0 N–H and O–H groups in total. The van der Waals surface area contributed by atoms with Crippen molar-refractivity contribution in [3.8, 4) is 5.88 Å². The number of hydrogen-bond donors (Lipinski definition) is 0. The number of ether oxygens (including phenoxy) is 2. The summed E-state index contributed by atoms with van der Waals surface area (Å²) >= 11 is 6.20. The minimum atomic E-state index is -0.493. The Balaban J connectivity index is 1.37. The van der Waals surface area contributed by atoms with Crippen LogP contribution < -0.4 is 9.64 Å². The van der Waals surface area contributed by atoms with Gasteiger partial charge < -0.3 is 23.7 Å². The molecule has 31 heavy (non-hydrogen) atoms. The van der Waals surface area contributed by atoms with Gasteiger partial charge in [0.15, 0.2) is 0 Å². The zero-order valence-corrected chi connectivity index (χ0v) is 18.7. The van der Waals surface area contributed by atoms with Crippen LogP contribution in [0.2, 0.25) is 5.02 Å². The molecule has 1 aliphatic heterocycles. The first-order valence-electron chi connectivity index (χ1n) is 10.3. The Bertz CT molecular complexity index is 1070. The van der Waals surface area contributed by atoms with Gasteiger partial charge >= 0.3 is 6.09 Å². The van der Waals surface area contributed by atoms with Crippen LogP contribution in [-0.2, 0) is 11.3 Å². The molecule has 0 aliphatic carbocycles. The van der Waals surface area contributed by atoms with Crippen LogP contribution in [0.5, 0.6) is 5.88 Å². The second-order valence-corrected chi connectivity index (χ2v) is 8.85. The monoisotopic (exact) mass is 443 g/mol. The Labute approximate surface area is 186 Å². The maximum absolute atomic E-state index is 12.3. The zero-order valence-electron chi connectivity index (χ0n) is 17.9. The lowest BCUT2D eigenvalue weighted by Gasteiger charge is -2.36. The lowest BCUT2D eigenvalue weighted by atomic mass is 10.1. The minimum absolute atomic E-state index is 0.274. The lowest BCUT2D eigenvalue weighted by molar-refractivity contribution is 0.0240. The Hall–Kier alpha value is -2.93. The second kappa shape index (κ2) is 8.67. The summed E-state index contributed by atoms with van der Waals surface area (Å²) in [6, 6.07) is 11.3. The van der Waals surface area contributed by atoms with Gasteiger partial charge in [0.05, 0.1) is 11.3 Å². The van der Waals surface area contributed by atoms with Crippen LogP contribution in [0.15, 0.2) is 47.1 Å². The van der Waals surface area contributed by atoms with Gasteiger partial charge in [0.1, 0.15) is 23.6 Å². The van der Waals surface area contributed by atoms with E-state index in [2.05, 4.69) is 9.88 Å². The SMILES string of the molecule is CC(C)(C)OC(=O)N1CCN(c2cccc(OCc3ccc(Cl)c4ccoc34)n2)CC1. The summed E-state index contributed by atoms with van der Waals surface area (Å²) in [6.45, 7) is 8.47. The molecule has 3 heterocycles. The summed E-state index contributed by atoms with van der Waals surface area (Å²) in [5, 5.41) is 1.52. The molecule has 7 nitrogen and oxygen atoms in total. The quantitative estimate of drug-likeness (QED) is 0.557. The van der Waals surface area contributed by atoms with Crippen molar-refractivity contribution in [2.75, 3.05) is 31.1 Å². The number of rotatable bonds is 4. The average Bonchev–Trinajstić information content (AvgIpc) is 3.23. The van der Waals surface area contributed by atoms with Crippen LogP contribution in [-0.4, -0.2) is 47.8 Å². The van der Waals surface area contributed by atoms with Crippen LogP contribution >= 0.6 is 11.6 Å². The van der Waals surface area contributed by atoms with Crippen LogP contribution in [0, 0.1) is 0 Å². The van der Waals surface area contributed by atoms with Crippen molar-refractivity contribution in [1.29, 1.82) is 0 Å². The van der Waals surface area contributed by atoms with Crippen molar-refractivity contribution >= 4 is 34.5 Å². The van der Waals surface area contributed by atoms with Gasteiger partial charge in [0, 0.05) is 43.2 Å². The predicted molar refractivity (Wildman–Crippen MR) is 120 cm³/mol. The molecule has 0 bridgehead atoms. The van der Waals surface area contributed by atoms with Crippen molar-refractivity contribution in [2.24, 2.45) is 0 Å². The molecule has 1 amide bonds. The van der Waals surface area contributed by atoms with Gasteiger partial charge in [-0.05, 0) is 39.0 Å². The molecule has 1 aliphatic rings. The highest BCUT2D eigenvalue weighted by molar-refractivity contribution is 6.35. The molecule has 1 fully saturated rings. The number of carbonyl (C=O) groups is 1. The molecule has 0 unspecified atom stereocenters. The van der Waals surface area contributed by atoms with Gasteiger partial charge in [-0.2, -0.15) is 4.98 Å². The Kier molecular flexibility index (Phi) is 5.96. The van der Waals surface area contributed by atoms with Crippen LogP contribution in [0.3, 0.4) is 0 Å². The topological polar surface area (TPSA) is 68.0 Å². The van der Waals surface area contributed by atoms with E-state index >= 15 is 0 Å². The van der Waals surface area contributed by atoms with Gasteiger partial charge in [-0.1, -0.05) is 23.7 Å². The normalized spacial score (nSPS) is 14.7. The summed E-state index contributed by atoms with van der Waals surface area (Å²) < 4.78 is 17.0. The van der Waals surface area contributed by atoms with E-state index in [1.54, 1.807) is 11.2 Å². The maximum Gasteiger partial charge on any atom is 0.410 e. The van der Waals surface area contributed by atoms with Crippen molar-refractivity contribution in [1.82, 2.24) is 9.88 Å². The Morgan fingerprint density at radius 2 is 1.90 bits per heavy atom. The number of anilines is 1. The third-order valence-electron chi connectivity index (χ3n) is 4.98. The highest BCUT2D eigenvalue weighted by Crippen LogP contribution is 2.28. The van der Waals surface area contributed by atoms with E-state index in [0.29, 0.717) is 43.7 Å². The minimum Gasteiger partial charge on any atom is -0.473 e. The van der Waals surface area contributed by atoms with Crippen LogP contribution in [0.1, 0.15) is 26.3 Å². The zero-order chi connectivity index (χ0) is 22.0. The maximum atomic E-state index is 12.3. The number of fused-ring (bicyclic) bond motifs is 1. The fraction of sp³-hybridized carbons (Fsp3) is 0.391. The molecule has 8 heteroatoms. The highest BCUT2D eigenvalue weighted by Gasteiger charge is 2.26. The average molecular weight is 444 g/mol. The second-order valence-electron chi connectivity index (χ2n) is 8.45. The lowest BCUT2D eigenvalue weighted by Crippen LogP contribution is -2.50. The van der Waals surface area contributed by atoms with Gasteiger partial charge in [-0.15, -0.1) is 0 Å². The smallest absolute Gasteiger partial charge is 0.410 e. The number of hydrogen-bond acceptors (Lipinski definition) is 6. The fourth-order valence-electron chi connectivity index (χ4n) is 3.46. The molecule has 0 radical (unpaired) electrons. The first-order valence-corrected chi connectivity index (χ1v) is 10.7. The number of piperazine rings is 1. The summed E-state index contributed by atoms with van der Waals surface area (Å²) in [5.41, 5.74) is 1.14. The summed E-state index contributed by atoms with van der Waals surface area (Å²) in [7, 11) is 0. The Morgan fingerprint density at radius 3 is 2.65 bits per heavy atom. The van der Waals surface area contributed by atoms with Crippen molar-refractivity contribution in [3.05, 3.63) is 53.2 Å². The Morgan fingerprint density at radius 1 is 1.13 bits per heavy atom. The molecule has 0 atom stereocenters. The van der Waals surface area contributed by atoms with E-state index in [4.69, 9.17) is 25.5 Å². The molecule has 2 aromatic heterocycles. The van der Waals surface area contributed by atoms with E-state index in [-0.39, 0.29) is 6.09 Å². The molecule has 3 aromatic rings. The number of halogens is 1. The number of aromatic nitrogens is 1. The number of pyridine rings is 1.